The van der Waals surface area contributed by atoms with Crippen molar-refractivity contribution >= 4 is 31.8 Å². The molecule has 0 aromatic heterocycles. The summed E-state index contributed by atoms with van der Waals surface area (Å²) in [5, 5.41) is 1.68. The highest BCUT2D eigenvalue weighted by Crippen LogP contribution is 1.85. The third-order valence-corrected chi connectivity index (χ3v) is 20.8. The molecule has 0 saturated carbocycles. The minimum absolute atomic E-state index is 0.339. The predicted molar refractivity (Wildman–Crippen MR) is 57.6 cm³/mol. The van der Waals surface area contributed by atoms with Gasteiger partial charge in [-0.1, -0.05) is 42.1 Å². The second-order valence-corrected chi connectivity index (χ2v) is 19.5. The third-order valence-electron chi connectivity index (χ3n) is 1.98. The van der Waals surface area contributed by atoms with E-state index in [4.69, 9.17) is 0 Å². The van der Waals surface area contributed by atoms with Crippen molar-refractivity contribution in [2.75, 3.05) is 0 Å². The standard InChI is InChI=1S/C7H14Si3/c1-10(9-8)7-5-3-2-4-6-7/h2-6,10H,9H2,1,8H3. The van der Waals surface area contributed by atoms with Gasteiger partial charge in [-0.2, -0.15) is 0 Å². The number of hydrogen-bond donors (Lipinski definition) is 0. The maximum absolute atomic E-state index is 2.49. The highest BCUT2D eigenvalue weighted by molar-refractivity contribution is 7.35. The van der Waals surface area contributed by atoms with Gasteiger partial charge >= 0.3 is 0 Å². The zero-order chi connectivity index (χ0) is 7.40. The van der Waals surface area contributed by atoms with Gasteiger partial charge in [0, 0.05) is 8.55 Å². The summed E-state index contributed by atoms with van der Waals surface area (Å²) in [7, 11) is 1.59. The molecular weight excluding hydrogens is 168 g/mol. The van der Waals surface area contributed by atoms with E-state index >= 15 is 0 Å². The second kappa shape index (κ2) is 3.90. The molecule has 0 bridgehead atoms. The van der Waals surface area contributed by atoms with Crippen LogP contribution in [-0.4, -0.2) is 26.6 Å². The number of hydrogen-bond acceptors (Lipinski definition) is 0. The molecule has 0 amide bonds. The van der Waals surface area contributed by atoms with Crippen LogP contribution in [0.5, 0.6) is 0 Å². The first-order valence-corrected chi connectivity index (χ1v) is 14.5. The molecule has 1 aromatic carbocycles. The fourth-order valence-corrected chi connectivity index (χ4v) is 8.84. The fourth-order valence-electron chi connectivity index (χ4n) is 1.02. The molecule has 3 heteroatoms. The summed E-state index contributed by atoms with van der Waals surface area (Å²) < 4.78 is 0. The molecule has 0 nitrogen and oxygen atoms in total. The molecule has 0 aliphatic carbocycles. The smallest absolute Gasteiger partial charge is 0.0512 e. The zero-order valence-electron chi connectivity index (χ0n) is 6.67. The normalized spacial score (nSPS) is 14.5. The average Bonchev–Trinajstić information content (AvgIpc) is 2.05. The van der Waals surface area contributed by atoms with Crippen molar-refractivity contribution in [3.8, 4) is 0 Å². The van der Waals surface area contributed by atoms with Crippen molar-refractivity contribution < 1.29 is 0 Å². The van der Waals surface area contributed by atoms with Crippen LogP contribution in [0.1, 0.15) is 0 Å². The van der Waals surface area contributed by atoms with Crippen LogP contribution in [0.2, 0.25) is 6.55 Å². The van der Waals surface area contributed by atoms with Crippen LogP contribution >= 0.6 is 0 Å². The monoisotopic (exact) mass is 182 g/mol. The van der Waals surface area contributed by atoms with E-state index in [-0.39, 0.29) is 8.31 Å². The third kappa shape index (κ3) is 1.93. The van der Waals surface area contributed by atoms with Gasteiger partial charge in [-0.25, -0.2) is 0 Å². The van der Waals surface area contributed by atoms with Crippen molar-refractivity contribution in [2.24, 2.45) is 0 Å². The van der Waals surface area contributed by atoms with Gasteiger partial charge in [0.15, 0.2) is 0 Å². The van der Waals surface area contributed by atoms with E-state index in [2.05, 4.69) is 36.9 Å². The summed E-state index contributed by atoms with van der Waals surface area (Å²) in [6, 6.07) is 11.1. The molecule has 0 fully saturated rings. The minimum Gasteiger partial charge on any atom is -0.0706 e. The lowest BCUT2D eigenvalue weighted by Gasteiger charge is -2.04. The summed E-state index contributed by atoms with van der Waals surface area (Å²) in [5.74, 6) is 0. The van der Waals surface area contributed by atoms with Crippen molar-refractivity contribution in [2.45, 2.75) is 6.55 Å². The Balaban J connectivity index is 2.75. The van der Waals surface area contributed by atoms with E-state index < -0.39 is 0 Å². The first kappa shape index (κ1) is 7.97. The van der Waals surface area contributed by atoms with Crippen LogP contribution in [0.4, 0.5) is 0 Å². The quantitative estimate of drug-likeness (QED) is 0.499. The first-order valence-electron chi connectivity index (χ1n) is 3.89. The Morgan fingerprint density at radius 3 is 2.40 bits per heavy atom. The minimum atomic E-state index is -0.339. The summed E-state index contributed by atoms with van der Waals surface area (Å²) in [6.07, 6.45) is 0. The lowest BCUT2D eigenvalue weighted by Crippen LogP contribution is -2.33. The van der Waals surface area contributed by atoms with E-state index in [1.165, 1.54) is 9.76 Å². The molecule has 0 aliphatic heterocycles. The molecule has 1 rings (SSSR count). The van der Waals surface area contributed by atoms with Crippen LogP contribution in [0.25, 0.3) is 0 Å². The van der Waals surface area contributed by atoms with Crippen LogP contribution in [0.15, 0.2) is 30.3 Å². The molecule has 0 aliphatic rings. The summed E-state index contributed by atoms with van der Waals surface area (Å²) in [4.78, 5) is 0. The second-order valence-electron chi connectivity index (χ2n) is 2.72. The van der Waals surface area contributed by atoms with Crippen molar-refractivity contribution in [3.05, 3.63) is 30.3 Å². The van der Waals surface area contributed by atoms with Crippen molar-refractivity contribution in [1.29, 1.82) is 0 Å². The van der Waals surface area contributed by atoms with Crippen molar-refractivity contribution in [1.82, 2.24) is 0 Å². The molecule has 1 atom stereocenters. The van der Waals surface area contributed by atoms with Gasteiger partial charge in [0.1, 0.15) is 0 Å². The van der Waals surface area contributed by atoms with Gasteiger partial charge < -0.3 is 0 Å². The Morgan fingerprint density at radius 2 is 1.90 bits per heavy atom. The molecule has 1 unspecified atom stereocenters. The highest BCUT2D eigenvalue weighted by Gasteiger charge is 2.01. The number of rotatable bonds is 2. The Hall–Kier alpha value is -0.129. The molecule has 10 heavy (non-hydrogen) atoms. The molecule has 0 spiro atoms. The van der Waals surface area contributed by atoms with Crippen LogP contribution in [-0.2, 0) is 0 Å². The molecule has 0 heterocycles. The van der Waals surface area contributed by atoms with E-state index in [1.54, 1.807) is 5.19 Å². The lowest BCUT2D eigenvalue weighted by atomic mass is 10.4. The van der Waals surface area contributed by atoms with Crippen LogP contribution in [0, 0.1) is 0 Å². The van der Waals surface area contributed by atoms with Crippen LogP contribution in [0.3, 0.4) is 0 Å². The Morgan fingerprint density at radius 1 is 1.30 bits per heavy atom. The summed E-state index contributed by atoms with van der Waals surface area (Å²) in [5.41, 5.74) is 0. The zero-order valence-corrected chi connectivity index (χ0v) is 11.2. The van der Waals surface area contributed by atoms with Gasteiger partial charge in [-0.3, -0.25) is 0 Å². The Labute approximate surface area is 69.1 Å². The SMILES string of the molecule is C[SiH]([SiH2][SiH3])c1ccccc1. The first-order chi connectivity index (χ1) is 4.84. The highest BCUT2D eigenvalue weighted by atomic mass is 29.5. The van der Waals surface area contributed by atoms with E-state index in [9.17, 15) is 0 Å². The topological polar surface area (TPSA) is 0 Å². The predicted octanol–water partition coefficient (Wildman–Crippen LogP) is -1.30. The van der Waals surface area contributed by atoms with E-state index in [0.29, 0.717) is 8.55 Å². The summed E-state index contributed by atoms with van der Waals surface area (Å²) in [6.45, 7) is 2.49. The molecule has 0 radical (unpaired) electrons. The molecule has 54 valence electrons. The number of benzene rings is 1. The maximum atomic E-state index is 2.49. The fraction of sp³-hybridized carbons (Fsp3) is 0.143. The van der Waals surface area contributed by atoms with Gasteiger partial charge in [-0.05, 0) is 9.76 Å². The van der Waals surface area contributed by atoms with E-state index in [0.717, 1.165) is 0 Å². The lowest BCUT2D eigenvalue weighted by molar-refractivity contribution is 1.76. The Kier molecular flexibility index (Phi) is 3.11. The molecule has 0 N–H and O–H groups in total. The van der Waals surface area contributed by atoms with Gasteiger partial charge in [0.2, 0.25) is 0 Å². The van der Waals surface area contributed by atoms with Gasteiger partial charge in [0.05, 0.1) is 8.31 Å². The molecule has 1 aromatic rings. The maximum Gasteiger partial charge on any atom is 0.0512 e. The van der Waals surface area contributed by atoms with Crippen molar-refractivity contribution in [3.63, 3.8) is 0 Å². The average molecular weight is 182 g/mol. The van der Waals surface area contributed by atoms with E-state index in [1.807, 2.05) is 0 Å². The van der Waals surface area contributed by atoms with Gasteiger partial charge in [0.25, 0.3) is 0 Å². The molecule has 0 saturated heterocycles. The largest absolute Gasteiger partial charge is 0.0706 e. The molecular formula is C7H14Si3. The van der Waals surface area contributed by atoms with Gasteiger partial charge in [-0.15, -0.1) is 0 Å². The summed E-state index contributed by atoms with van der Waals surface area (Å²) >= 11 is 0. The Bertz CT molecular complexity index is 185. The van der Waals surface area contributed by atoms with Crippen LogP contribution < -0.4 is 5.19 Å².